The van der Waals surface area contributed by atoms with Crippen molar-refractivity contribution in [2.45, 2.75) is 81.5 Å². The monoisotopic (exact) mass is 842 g/mol. The molecule has 0 bridgehead atoms. The number of carbonyl (C=O) groups excluding carboxylic acids is 1. The number of piperazine rings is 1. The van der Waals surface area contributed by atoms with Gasteiger partial charge in [-0.15, -0.1) is 11.8 Å². The summed E-state index contributed by atoms with van der Waals surface area (Å²) >= 11 is 1.70. The fraction of sp³-hybridized carbons (Fsp3) is 0.500. The van der Waals surface area contributed by atoms with Crippen molar-refractivity contribution in [1.29, 1.82) is 0 Å². The number of allylic oxidation sites excluding steroid dienone is 2. The molecule has 1 amide bonds. The third kappa shape index (κ3) is 13.0. The zero-order valence-corrected chi connectivity index (χ0v) is 36.7. The van der Waals surface area contributed by atoms with Crippen LogP contribution in [0.5, 0.6) is 0 Å². The molecule has 11 nitrogen and oxygen atoms in total. The lowest BCUT2D eigenvalue weighted by Gasteiger charge is -2.39. The molecule has 3 aromatic rings. The van der Waals surface area contributed by atoms with E-state index in [0.29, 0.717) is 35.6 Å². The summed E-state index contributed by atoms with van der Waals surface area (Å²) in [7, 11) is -2.01. The molecule has 0 saturated carbocycles. The van der Waals surface area contributed by atoms with Gasteiger partial charge >= 0.3 is 0 Å². The van der Waals surface area contributed by atoms with E-state index in [-0.39, 0.29) is 16.6 Å². The van der Waals surface area contributed by atoms with Gasteiger partial charge in [0.1, 0.15) is 5.69 Å². The number of nitrogens with one attached hydrogen (secondary N) is 2. The molecular formula is C46H62N6O5S2. The molecule has 2 heterocycles. The maximum absolute atomic E-state index is 13.4. The number of thioether (sulfide) groups is 1. The normalized spacial score (nSPS) is 18.6. The van der Waals surface area contributed by atoms with Crippen LogP contribution in [-0.2, 0) is 15.7 Å². The number of unbranched alkanes of at least 4 members (excludes halogenated alkanes) is 1. The number of anilines is 2. The summed E-state index contributed by atoms with van der Waals surface area (Å²) in [6, 6.07) is 21.8. The summed E-state index contributed by atoms with van der Waals surface area (Å²) in [6.45, 7) is 20.2. The molecule has 3 aliphatic rings. The smallest absolute Gasteiger partial charge is 0.293 e. The number of nitro groups is 1. The zero-order valence-electron chi connectivity index (χ0n) is 35.1. The second-order valence-corrected chi connectivity index (χ2v) is 19.1. The van der Waals surface area contributed by atoms with Gasteiger partial charge in [0.05, 0.1) is 23.0 Å². The van der Waals surface area contributed by atoms with E-state index < -0.39 is 21.8 Å². The largest absolute Gasteiger partial charge is 0.379 e. The molecule has 0 aromatic heterocycles. The maximum Gasteiger partial charge on any atom is 0.293 e. The Morgan fingerprint density at radius 3 is 2.42 bits per heavy atom. The van der Waals surface area contributed by atoms with Crippen LogP contribution in [0.1, 0.15) is 76.1 Å². The van der Waals surface area contributed by atoms with E-state index in [4.69, 9.17) is 4.74 Å². The lowest BCUT2D eigenvalue weighted by molar-refractivity contribution is -0.384. The summed E-state index contributed by atoms with van der Waals surface area (Å²) in [4.78, 5) is 33.6. The van der Waals surface area contributed by atoms with Gasteiger partial charge in [0.25, 0.3) is 11.6 Å². The van der Waals surface area contributed by atoms with Gasteiger partial charge in [-0.2, -0.15) is 0 Å². The summed E-state index contributed by atoms with van der Waals surface area (Å²) in [5.41, 5.74) is 6.33. The third-order valence-corrected chi connectivity index (χ3v) is 14.0. The van der Waals surface area contributed by atoms with Gasteiger partial charge in [-0.25, -0.2) is 4.21 Å². The SMILES string of the molecule is C=C(CCCC)C1=C(CN2CCN(c3ccc(C(=O)NS(=O)c4ccc(NC(CCN5CCOCC5)CSc5ccccc5)c([N+](=O)[O-])c4)cc3)CC2)CCC(C)(C)C1. The van der Waals surface area contributed by atoms with Crippen LogP contribution in [0.25, 0.3) is 0 Å². The van der Waals surface area contributed by atoms with Crippen molar-refractivity contribution >= 4 is 45.7 Å². The Balaban J connectivity index is 1.03. The van der Waals surface area contributed by atoms with Crippen LogP contribution in [0, 0.1) is 15.5 Å². The van der Waals surface area contributed by atoms with E-state index in [1.165, 1.54) is 36.5 Å². The van der Waals surface area contributed by atoms with Gasteiger partial charge in [0.2, 0.25) is 0 Å². The molecule has 2 fully saturated rings. The average molecular weight is 843 g/mol. The molecule has 0 radical (unpaired) electrons. The molecule has 0 spiro atoms. The van der Waals surface area contributed by atoms with Crippen LogP contribution in [0.4, 0.5) is 17.1 Å². The summed E-state index contributed by atoms with van der Waals surface area (Å²) in [5.74, 6) is 0.198. The molecule has 59 heavy (non-hydrogen) atoms. The van der Waals surface area contributed by atoms with E-state index in [9.17, 15) is 19.1 Å². The first-order valence-electron chi connectivity index (χ1n) is 21.2. The first-order valence-corrected chi connectivity index (χ1v) is 23.3. The lowest BCUT2D eigenvalue weighted by atomic mass is 9.72. The number of hydrogen-bond acceptors (Lipinski definition) is 10. The molecule has 2 unspecified atom stereocenters. The van der Waals surface area contributed by atoms with Crippen molar-refractivity contribution in [2.24, 2.45) is 5.41 Å². The van der Waals surface area contributed by atoms with Gasteiger partial charge in [-0.05, 0) is 98.0 Å². The van der Waals surface area contributed by atoms with Crippen LogP contribution >= 0.6 is 11.8 Å². The standard InChI is InChI=1S/C46H62N6O5S2/c1-5-6-10-35(2)42-32-46(3,4)21-19-37(42)33-50-23-25-51(26-24-50)39-15-13-36(14-16-39)45(53)48-59(56)41-17-18-43(44(31-41)52(54)55)47-38(20-22-49-27-29-57-30-28-49)34-58-40-11-8-7-9-12-40/h7-9,11-18,31,38,47H,2,5-6,10,19-30,32-34H2,1,3-4H3,(H,48,53). The number of morpholine rings is 1. The number of benzene rings is 3. The molecule has 2 saturated heterocycles. The highest BCUT2D eigenvalue weighted by atomic mass is 32.2. The molecular weight excluding hydrogens is 781 g/mol. The summed E-state index contributed by atoms with van der Waals surface area (Å²) in [5, 5.41) is 15.7. The molecule has 2 aliphatic heterocycles. The van der Waals surface area contributed by atoms with Crippen molar-refractivity contribution in [3.8, 4) is 0 Å². The molecule has 2 N–H and O–H groups in total. The highest BCUT2D eigenvalue weighted by Gasteiger charge is 2.30. The molecule has 318 valence electrons. The van der Waals surface area contributed by atoms with Crippen molar-refractivity contribution in [1.82, 2.24) is 14.5 Å². The molecule has 13 heteroatoms. The van der Waals surface area contributed by atoms with E-state index in [2.05, 4.69) is 64.2 Å². The van der Waals surface area contributed by atoms with Gasteiger partial charge in [-0.3, -0.25) is 29.4 Å². The van der Waals surface area contributed by atoms with Crippen molar-refractivity contribution in [3.63, 3.8) is 0 Å². The zero-order chi connectivity index (χ0) is 41.8. The van der Waals surface area contributed by atoms with E-state index >= 15 is 0 Å². The first kappa shape index (κ1) is 44.5. The van der Waals surface area contributed by atoms with Crippen molar-refractivity contribution in [2.75, 3.05) is 81.5 Å². The topological polar surface area (TPSA) is 120 Å². The van der Waals surface area contributed by atoms with Gasteiger partial charge in [0.15, 0.2) is 11.0 Å². The lowest BCUT2D eigenvalue weighted by Crippen LogP contribution is -2.47. The van der Waals surface area contributed by atoms with E-state index in [1.807, 2.05) is 30.3 Å². The van der Waals surface area contributed by atoms with E-state index in [1.54, 1.807) is 41.6 Å². The molecule has 6 rings (SSSR count). The number of amides is 1. The van der Waals surface area contributed by atoms with Crippen LogP contribution in [0.2, 0.25) is 0 Å². The average Bonchev–Trinajstić information content (AvgIpc) is 3.25. The predicted octanol–water partition coefficient (Wildman–Crippen LogP) is 8.72. The quantitative estimate of drug-likeness (QED) is 0.0689. The second kappa shape index (κ2) is 21.5. The minimum atomic E-state index is -2.01. The fourth-order valence-electron chi connectivity index (χ4n) is 8.08. The fourth-order valence-corrected chi connectivity index (χ4v) is 9.88. The first-order chi connectivity index (χ1) is 28.5. The molecule has 2 atom stereocenters. The highest BCUT2D eigenvalue weighted by molar-refractivity contribution is 7.99. The Bertz CT molecular complexity index is 1940. The van der Waals surface area contributed by atoms with Crippen LogP contribution in [0.15, 0.2) is 106 Å². The molecule has 3 aromatic carbocycles. The number of hydrogen-bond donors (Lipinski definition) is 2. The van der Waals surface area contributed by atoms with Crippen LogP contribution in [-0.4, -0.2) is 102 Å². The third-order valence-electron chi connectivity index (χ3n) is 11.7. The van der Waals surface area contributed by atoms with Crippen LogP contribution in [0.3, 0.4) is 0 Å². The van der Waals surface area contributed by atoms with Gasteiger partial charge in [0, 0.05) is 86.4 Å². The summed E-state index contributed by atoms with van der Waals surface area (Å²) in [6.07, 6.45) is 7.73. The van der Waals surface area contributed by atoms with Crippen molar-refractivity contribution in [3.05, 3.63) is 112 Å². The number of carbonyl (C=O) groups is 1. The van der Waals surface area contributed by atoms with E-state index in [0.717, 1.165) is 88.6 Å². The Morgan fingerprint density at radius 1 is 1.00 bits per heavy atom. The Labute approximate surface area is 357 Å². The Morgan fingerprint density at radius 2 is 1.73 bits per heavy atom. The number of rotatable bonds is 19. The second-order valence-electron chi connectivity index (χ2n) is 16.8. The number of ether oxygens (including phenoxy) is 1. The number of nitrogens with zero attached hydrogens (tertiary/aromatic N) is 4. The minimum absolute atomic E-state index is 0.0640. The number of nitro benzene ring substituents is 1. The van der Waals surface area contributed by atoms with Crippen LogP contribution < -0.4 is 14.9 Å². The summed E-state index contributed by atoms with van der Waals surface area (Å²) < 4.78 is 21.4. The van der Waals surface area contributed by atoms with Gasteiger partial charge in [-0.1, -0.05) is 63.1 Å². The minimum Gasteiger partial charge on any atom is -0.379 e. The highest BCUT2D eigenvalue weighted by Crippen LogP contribution is 2.42. The Hall–Kier alpha value is -4.01. The Kier molecular flexibility index (Phi) is 16.2. The van der Waals surface area contributed by atoms with Gasteiger partial charge < -0.3 is 15.0 Å². The maximum atomic E-state index is 13.4. The predicted molar refractivity (Wildman–Crippen MR) is 242 cm³/mol. The molecule has 1 aliphatic carbocycles. The van der Waals surface area contributed by atoms with Crippen molar-refractivity contribution < 1.29 is 18.7 Å².